The monoisotopic (exact) mass is 324 g/mol. The molecule has 3 N–H and O–H groups in total. The van der Waals surface area contributed by atoms with Crippen molar-refractivity contribution < 1.29 is 29.3 Å². The molecule has 0 saturated carbocycles. The van der Waals surface area contributed by atoms with Crippen LogP contribution in [0.4, 0.5) is 0 Å². The number of nitrogens with zero attached hydrogens (tertiary/aromatic N) is 1. The van der Waals surface area contributed by atoms with Crippen LogP contribution in [-0.2, 0) is 16.0 Å². The molecule has 0 spiro atoms. The minimum absolute atomic E-state index is 0.0369. The Morgan fingerprint density at radius 3 is 2.61 bits per heavy atom. The van der Waals surface area contributed by atoms with E-state index in [1.165, 1.54) is 14.2 Å². The molecule has 1 fully saturated rings. The van der Waals surface area contributed by atoms with Gasteiger partial charge in [0.25, 0.3) is 0 Å². The number of ether oxygens (including phenoxy) is 2. The fraction of sp³-hybridized carbons (Fsp3) is 0.467. The van der Waals surface area contributed by atoms with Crippen LogP contribution in [0, 0.1) is 0 Å². The molecule has 1 aromatic rings. The number of methoxy groups -OCH3 is 2. The van der Waals surface area contributed by atoms with Gasteiger partial charge in [-0.15, -0.1) is 0 Å². The van der Waals surface area contributed by atoms with Crippen LogP contribution in [0.25, 0.3) is 0 Å². The van der Waals surface area contributed by atoms with E-state index in [4.69, 9.17) is 14.6 Å². The number of aliphatic hydroxyl groups excluding tert-OH is 1. The Bertz CT molecular complexity index is 591. The number of carbonyl (C=O) groups is 2. The zero-order valence-corrected chi connectivity index (χ0v) is 13.0. The van der Waals surface area contributed by atoms with Gasteiger partial charge in [-0.3, -0.25) is 14.9 Å². The van der Waals surface area contributed by atoms with Crippen molar-refractivity contribution in [2.75, 3.05) is 20.8 Å². The Labute approximate surface area is 133 Å². The number of nitrogens with one attached hydrogen (secondary N) is 1. The summed E-state index contributed by atoms with van der Waals surface area (Å²) in [5, 5.41) is 21.3. The van der Waals surface area contributed by atoms with Crippen molar-refractivity contribution in [3.05, 3.63) is 23.8 Å². The van der Waals surface area contributed by atoms with Crippen molar-refractivity contribution in [2.45, 2.75) is 25.2 Å². The van der Waals surface area contributed by atoms with E-state index in [1.54, 1.807) is 12.1 Å². The predicted octanol–water partition coefficient (Wildman–Crippen LogP) is -0.203. The molecule has 126 valence electrons. The van der Waals surface area contributed by atoms with Gasteiger partial charge in [-0.05, 0) is 24.1 Å². The summed E-state index contributed by atoms with van der Waals surface area (Å²) in [5.74, 6) is -0.203. The number of carboxylic acids is 1. The Morgan fingerprint density at radius 1 is 1.30 bits per heavy atom. The van der Waals surface area contributed by atoms with E-state index in [0.717, 1.165) is 10.5 Å². The van der Waals surface area contributed by atoms with Gasteiger partial charge >= 0.3 is 5.97 Å². The number of aliphatic hydroxyl groups is 1. The van der Waals surface area contributed by atoms with Gasteiger partial charge in [0.15, 0.2) is 17.9 Å². The second-order valence-electron chi connectivity index (χ2n) is 5.16. The van der Waals surface area contributed by atoms with E-state index in [0.29, 0.717) is 17.9 Å². The van der Waals surface area contributed by atoms with E-state index in [-0.39, 0.29) is 18.9 Å². The molecule has 2 unspecified atom stereocenters. The third-order valence-electron chi connectivity index (χ3n) is 3.68. The molecule has 1 amide bonds. The molecule has 8 heteroatoms. The smallest absolute Gasteiger partial charge is 0.305 e. The number of carboxylic acid groups (broad SMARTS) is 1. The topological polar surface area (TPSA) is 108 Å². The first kappa shape index (κ1) is 17.0. The highest BCUT2D eigenvalue weighted by Gasteiger charge is 2.37. The normalized spacial score (nSPS) is 20.7. The molecule has 23 heavy (non-hydrogen) atoms. The summed E-state index contributed by atoms with van der Waals surface area (Å²) in [6, 6.07) is 4.70. The fourth-order valence-corrected chi connectivity index (χ4v) is 2.50. The summed E-state index contributed by atoms with van der Waals surface area (Å²) in [4.78, 5) is 24.0. The molecule has 0 radical (unpaired) electrons. The van der Waals surface area contributed by atoms with Crippen LogP contribution in [0.1, 0.15) is 12.0 Å². The quantitative estimate of drug-likeness (QED) is 0.637. The van der Waals surface area contributed by atoms with Gasteiger partial charge in [0.2, 0.25) is 5.91 Å². The number of benzene rings is 1. The summed E-state index contributed by atoms with van der Waals surface area (Å²) < 4.78 is 10.4. The Balaban J connectivity index is 2.06. The maximum Gasteiger partial charge on any atom is 0.305 e. The van der Waals surface area contributed by atoms with Crippen LogP contribution in [0.2, 0.25) is 0 Å². The lowest BCUT2D eigenvalue weighted by atomic mass is 10.1. The summed E-state index contributed by atoms with van der Waals surface area (Å²) >= 11 is 0. The van der Waals surface area contributed by atoms with Crippen molar-refractivity contribution in [1.29, 1.82) is 0 Å². The van der Waals surface area contributed by atoms with Crippen LogP contribution in [-0.4, -0.2) is 60.1 Å². The number of hydrogen-bond donors (Lipinski definition) is 3. The molecule has 1 heterocycles. The number of aliphatic carboxylic acids is 1. The maximum atomic E-state index is 12.3. The van der Waals surface area contributed by atoms with Crippen molar-refractivity contribution in [3.8, 4) is 11.5 Å². The number of carbonyl (C=O) groups excluding carboxylic acids is 1. The van der Waals surface area contributed by atoms with Crippen molar-refractivity contribution >= 4 is 11.9 Å². The van der Waals surface area contributed by atoms with Gasteiger partial charge in [-0.1, -0.05) is 6.07 Å². The molecule has 0 aromatic heterocycles. The summed E-state index contributed by atoms with van der Waals surface area (Å²) in [7, 11) is 3.06. The highest BCUT2D eigenvalue weighted by molar-refractivity contribution is 5.84. The van der Waals surface area contributed by atoms with E-state index in [1.807, 2.05) is 6.07 Å². The average Bonchev–Trinajstić information content (AvgIpc) is 2.79. The van der Waals surface area contributed by atoms with E-state index in [2.05, 4.69) is 5.32 Å². The highest BCUT2D eigenvalue weighted by Crippen LogP contribution is 2.28. The SMILES string of the molecule is COc1ccc(CC2NC(O)N(CCC(=O)O)C2=O)cc1OC. The van der Waals surface area contributed by atoms with E-state index >= 15 is 0 Å². The lowest BCUT2D eigenvalue weighted by Crippen LogP contribution is -2.38. The first-order valence-corrected chi connectivity index (χ1v) is 7.13. The average molecular weight is 324 g/mol. The molecule has 1 aliphatic rings. The van der Waals surface area contributed by atoms with Gasteiger partial charge in [0, 0.05) is 6.54 Å². The highest BCUT2D eigenvalue weighted by atomic mass is 16.5. The van der Waals surface area contributed by atoms with E-state index in [9.17, 15) is 14.7 Å². The molecule has 1 aliphatic heterocycles. The molecular weight excluding hydrogens is 304 g/mol. The molecule has 0 aliphatic carbocycles. The Kier molecular flexibility index (Phi) is 5.41. The molecule has 2 atom stereocenters. The van der Waals surface area contributed by atoms with Crippen molar-refractivity contribution in [1.82, 2.24) is 10.2 Å². The first-order chi connectivity index (χ1) is 11.0. The Morgan fingerprint density at radius 2 is 2.00 bits per heavy atom. The van der Waals surface area contributed by atoms with Gasteiger partial charge in [0.05, 0.1) is 26.7 Å². The zero-order chi connectivity index (χ0) is 17.0. The molecular formula is C15H20N2O6. The van der Waals surface area contributed by atoms with Crippen LogP contribution in [0.15, 0.2) is 18.2 Å². The molecule has 0 bridgehead atoms. The Hall–Kier alpha value is -2.32. The van der Waals surface area contributed by atoms with E-state index < -0.39 is 18.4 Å². The standard InChI is InChI=1S/C15H20N2O6/c1-22-11-4-3-9(8-12(11)23-2)7-10-14(20)17(15(21)16-10)6-5-13(18)19/h3-4,8,10,15-16,21H,5-7H2,1-2H3,(H,18,19). The number of hydrogen-bond acceptors (Lipinski definition) is 6. The number of amides is 1. The third kappa shape index (κ3) is 3.91. The van der Waals surface area contributed by atoms with Crippen LogP contribution in [0.5, 0.6) is 11.5 Å². The second-order valence-corrected chi connectivity index (χ2v) is 5.16. The molecule has 1 aromatic carbocycles. The van der Waals surface area contributed by atoms with Crippen molar-refractivity contribution in [3.63, 3.8) is 0 Å². The summed E-state index contributed by atoms with van der Waals surface area (Å²) in [6.07, 6.45) is -1.04. The summed E-state index contributed by atoms with van der Waals surface area (Å²) in [5.41, 5.74) is 0.834. The van der Waals surface area contributed by atoms with Crippen LogP contribution in [0.3, 0.4) is 0 Å². The summed E-state index contributed by atoms with van der Waals surface area (Å²) in [6.45, 7) is -0.0369. The fourth-order valence-electron chi connectivity index (χ4n) is 2.50. The minimum atomic E-state index is -1.17. The minimum Gasteiger partial charge on any atom is -0.493 e. The van der Waals surface area contributed by atoms with Crippen LogP contribution < -0.4 is 14.8 Å². The second kappa shape index (κ2) is 7.30. The predicted molar refractivity (Wildman–Crippen MR) is 80.1 cm³/mol. The lowest BCUT2D eigenvalue weighted by Gasteiger charge is -2.18. The van der Waals surface area contributed by atoms with Gasteiger partial charge in [0.1, 0.15) is 0 Å². The molecule has 8 nitrogen and oxygen atoms in total. The third-order valence-corrected chi connectivity index (χ3v) is 3.68. The van der Waals surface area contributed by atoms with Gasteiger partial charge in [-0.2, -0.15) is 0 Å². The first-order valence-electron chi connectivity index (χ1n) is 7.13. The largest absolute Gasteiger partial charge is 0.493 e. The molecule has 2 rings (SSSR count). The van der Waals surface area contributed by atoms with Crippen molar-refractivity contribution in [2.24, 2.45) is 0 Å². The maximum absolute atomic E-state index is 12.3. The van der Waals surface area contributed by atoms with Gasteiger partial charge in [-0.25, -0.2) is 0 Å². The lowest BCUT2D eigenvalue weighted by molar-refractivity contribution is -0.140. The van der Waals surface area contributed by atoms with Gasteiger partial charge < -0.3 is 24.6 Å². The zero-order valence-electron chi connectivity index (χ0n) is 13.0. The van der Waals surface area contributed by atoms with Crippen LogP contribution >= 0.6 is 0 Å². The number of rotatable bonds is 7. The molecule has 1 saturated heterocycles.